The summed E-state index contributed by atoms with van der Waals surface area (Å²) in [5.74, 6) is 0.120. The van der Waals surface area contributed by atoms with Crippen LogP contribution < -0.4 is 4.90 Å². The van der Waals surface area contributed by atoms with Crippen molar-refractivity contribution in [1.29, 1.82) is 0 Å². The molecule has 0 bridgehead atoms. The summed E-state index contributed by atoms with van der Waals surface area (Å²) >= 11 is 0. The van der Waals surface area contributed by atoms with Crippen LogP contribution in [-0.2, 0) is 0 Å². The van der Waals surface area contributed by atoms with Gasteiger partial charge in [-0.25, -0.2) is 0 Å². The number of hydrogen-bond acceptors (Lipinski definition) is 2. The quantitative estimate of drug-likeness (QED) is 0.639. The van der Waals surface area contributed by atoms with Gasteiger partial charge in [-0.1, -0.05) is 6.07 Å². The minimum atomic E-state index is 0.120. The second kappa shape index (κ2) is 3.57. The number of nitrogens with zero attached hydrogens (tertiary/aromatic N) is 2. The number of rotatable bonds is 0. The van der Waals surface area contributed by atoms with Gasteiger partial charge in [0.25, 0.3) is 5.91 Å². The fourth-order valence-corrected chi connectivity index (χ4v) is 1.87. The molecule has 15 heavy (non-hydrogen) atoms. The molecular weight excluding hydrogens is 188 g/mol. The number of fused-ring (bicyclic) bond motifs is 1. The molecule has 1 aliphatic heterocycles. The van der Waals surface area contributed by atoms with Gasteiger partial charge < -0.3 is 9.80 Å². The molecule has 0 spiro atoms. The predicted molar refractivity (Wildman–Crippen MR) is 61.4 cm³/mol. The second-order valence-corrected chi connectivity index (χ2v) is 4.17. The van der Waals surface area contributed by atoms with E-state index in [0.29, 0.717) is 0 Å². The highest BCUT2D eigenvalue weighted by Crippen LogP contribution is 2.24. The Hall–Kier alpha value is -1.51. The lowest BCUT2D eigenvalue weighted by molar-refractivity contribution is 0.0805. The Balaban J connectivity index is 2.55. The summed E-state index contributed by atoms with van der Waals surface area (Å²) in [5, 5.41) is 0. The number of hydrogen-bond donors (Lipinski definition) is 0. The largest absolute Gasteiger partial charge is 0.372 e. The number of aryl methyl sites for hydroxylation is 1. The van der Waals surface area contributed by atoms with Gasteiger partial charge in [0.1, 0.15) is 0 Å². The lowest BCUT2D eigenvalue weighted by Crippen LogP contribution is -2.29. The minimum absolute atomic E-state index is 0.120. The molecule has 0 atom stereocenters. The average Bonchev–Trinajstić information content (AvgIpc) is 2.32. The van der Waals surface area contributed by atoms with Crippen LogP contribution in [0.3, 0.4) is 0 Å². The molecule has 1 aliphatic rings. The SMILES string of the molecule is Cc1ccc2c(c1)N(C)CCN(C)C2=O. The Morgan fingerprint density at radius 2 is 1.80 bits per heavy atom. The van der Waals surface area contributed by atoms with E-state index in [2.05, 4.69) is 11.0 Å². The number of carbonyl (C=O) groups excluding carboxylic acids is 1. The minimum Gasteiger partial charge on any atom is -0.372 e. The molecule has 80 valence electrons. The molecule has 2 rings (SSSR count). The summed E-state index contributed by atoms with van der Waals surface area (Å²) in [5.41, 5.74) is 3.05. The van der Waals surface area contributed by atoms with Gasteiger partial charge in [-0.3, -0.25) is 4.79 Å². The highest BCUT2D eigenvalue weighted by atomic mass is 16.2. The maximum atomic E-state index is 12.0. The lowest BCUT2D eigenvalue weighted by atomic mass is 10.1. The molecular formula is C12H16N2O. The van der Waals surface area contributed by atoms with E-state index in [4.69, 9.17) is 0 Å². The standard InChI is InChI=1S/C12H16N2O/c1-9-4-5-10-11(8-9)13(2)6-7-14(3)12(10)15/h4-5,8H,6-7H2,1-3H3. The summed E-state index contributed by atoms with van der Waals surface area (Å²) in [7, 11) is 3.88. The van der Waals surface area contributed by atoms with E-state index in [9.17, 15) is 4.79 Å². The molecule has 3 nitrogen and oxygen atoms in total. The van der Waals surface area contributed by atoms with Crippen LogP contribution in [0, 0.1) is 6.92 Å². The molecule has 0 saturated carbocycles. The van der Waals surface area contributed by atoms with Crippen LogP contribution in [0.1, 0.15) is 15.9 Å². The fourth-order valence-electron chi connectivity index (χ4n) is 1.87. The van der Waals surface area contributed by atoms with Gasteiger partial charge in [0.05, 0.1) is 5.56 Å². The smallest absolute Gasteiger partial charge is 0.255 e. The first-order valence-electron chi connectivity index (χ1n) is 5.17. The van der Waals surface area contributed by atoms with Crippen LogP contribution in [0.5, 0.6) is 0 Å². The zero-order valence-electron chi connectivity index (χ0n) is 9.45. The van der Waals surface area contributed by atoms with Crippen LogP contribution in [0.4, 0.5) is 5.69 Å². The second-order valence-electron chi connectivity index (χ2n) is 4.17. The van der Waals surface area contributed by atoms with Gasteiger partial charge in [0, 0.05) is 32.9 Å². The summed E-state index contributed by atoms with van der Waals surface area (Å²) in [4.78, 5) is 15.9. The van der Waals surface area contributed by atoms with E-state index in [-0.39, 0.29) is 5.91 Å². The Kier molecular flexibility index (Phi) is 2.39. The molecule has 0 fully saturated rings. The van der Waals surface area contributed by atoms with Gasteiger partial charge in [0.2, 0.25) is 0 Å². The summed E-state index contributed by atoms with van der Waals surface area (Å²) in [6.07, 6.45) is 0. The van der Waals surface area contributed by atoms with E-state index in [1.165, 1.54) is 5.56 Å². The van der Waals surface area contributed by atoms with Crippen molar-refractivity contribution in [3.63, 3.8) is 0 Å². The van der Waals surface area contributed by atoms with Crippen LogP contribution >= 0.6 is 0 Å². The van der Waals surface area contributed by atoms with Crippen molar-refractivity contribution in [1.82, 2.24) is 4.90 Å². The summed E-state index contributed by atoms with van der Waals surface area (Å²) in [6, 6.07) is 5.99. The van der Waals surface area contributed by atoms with Gasteiger partial charge >= 0.3 is 0 Å². The first-order valence-corrected chi connectivity index (χ1v) is 5.17. The van der Waals surface area contributed by atoms with E-state index < -0.39 is 0 Å². The molecule has 1 aromatic rings. The van der Waals surface area contributed by atoms with Gasteiger partial charge in [-0.15, -0.1) is 0 Å². The number of carbonyl (C=O) groups is 1. The molecule has 3 heteroatoms. The number of amides is 1. The van der Waals surface area contributed by atoms with Crippen LogP contribution in [0.15, 0.2) is 18.2 Å². The monoisotopic (exact) mass is 204 g/mol. The van der Waals surface area contributed by atoms with Gasteiger partial charge in [0.15, 0.2) is 0 Å². The van der Waals surface area contributed by atoms with Crippen molar-refractivity contribution < 1.29 is 4.79 Å². The zero-order chi connectivity index (χ0) is 11.0. The molecule has 0 radical (unpaired) electrons. The summed E-state index contributed by atoms with van der Waals surface area (Å²) < 4.78 is 0. The van der Waals surface area contributed by atoms with E-state index in [1.54, 1.807) is 4.90 Å². The fraction of sp³-hybridized carbons (Fsp3) is 0.417. The Bertz CT molecular complexity index is 401. The molecule has 0 aromatic heterocycles. The predicted octanol–water partition coefficient (Wildman–Crippen LogP) is 1.52. The molecule has 0 unspecified atom stereocenters. The molecule has 1 heterocycles. The topological polar surface area (TPSA) is 23.6 Å². The molecule has 0 saturated heterocycles. The normalized spacial score (nSPS) is 16.3. The van der Waals surface area contributed by atoms with Crippen molar-refractivity contribution >= 4 is 11.6 Å². The molecule has 1 amide bonds. The van der Waals surface area contributed by atoms with E-state index >= 15 is 0 Å². The highest BCUT2D eigenvalue weighted by Gasteiger charge is 2.21. The third kappa shape index (κ3) is 1.69. The van der Waals surface area contributed by atoms with E-state index in [0.717, 1.165) is 24.3 Å². The zero-order valence-corrected chi connectivity index (χ0v) is 9.45. The highest BCUT2D eigenvalue weighted by molar-refractivity contribution is 6.00. The van der Waals surface area contributed by atoms with E-state index in [1.807, 2.05) is 33.2 Å². The maximum absolute atomic E-state index is 12.0. The Morgan fingerprint density at radius 1 is 1.13 bits per heavy atom. The van der Waals surface area contributed by atoms with Crippen LogP contribution in [0.25, 0.3) is 0 Å². The summed E-state index contributed by atoms with van der Waals surface area (Å²) in [6.45, 7) is 3.72. The molecule has 0 aliphatic carbocycles. The molecule has 1 aromatic carbocycles. The van der Waals surface area contributed by atoms with Crippen molar-refractivity contribution in [2.75, 3.05) is 32.1 Å². The average molecular weight is 204 g/mol. The van der Waals surface area contributed by atoms with Gasteiger partial charge in [-0.05, 0) is 24.6 Å². The lowest BCUT2D eigenvalue weighted by Gasteiger charge is -2.18. The first kappa shape index (κ1) is 10.0. The van der Waals surface area contributed by atoms with Crippen molar-refractivity contribution in [3.05, 3.63) is 29.3 Å². The van der Waals surface area contributed by atoms with Crippen molar-refractivity contribution in [2.24, 2.45) is 0 Å². The van der Waals surface area contributed by atoms with Crippen molar-refractivity contribution in [3.8, 4) is 0 Å². The third-order valence-electron chi connectivity index (χ3n) is 2.91. The number of likely N-dealkylation sites (N-methyl/N-ethyl adjacent to an activating group) is 2. The number of anilines is 1. The van der Waals surface area contributed by atoms with Crippen molar-refractivity contribution in [2.45, 2.75) is 6.92 Å². The molecule has 0 N–H and O–H groups in total. The van der Waals surface area contributed by atoms with Crippen LogP contribution in [0.2, 0.25) is 0 Å². The van der Waals surface area contributed by atoms with Crippen LogP contribution in [-0.4, -0.2) is 38.0 Å². The number of benzene rings is 1. The first-order chi connectivity index (χ1) is 7.09. The van der Waals surface area contributed by atoms with Gasteiger partial charge in [-0.2, -0.15) is 0 Å². The third-order valence-corrected chi connectivity index (χ3v) is 2.91. The Morgan fingerprint density at radius 3 is 2.53 bits per heavy atom. The maximum Gasteiger partial charge on any atom is 0.255 e. The Labute approximate surface area is 90.3 Å².